The monoisotopic (exact) mass is 239 g/mol. The predicted molar refractivity (Wildman–Crippen MR) is 61.7 cm³/mol. The Morgan fingerprint density at radius 1 is 1.35 bits per heavy atom. The highest BCUT2D eigenvalue weighted by molar-refractivity contribution is 5.92. The number of nitrogens with one attached hydrogen (secondary N) is 1. The van der Waals surface area contributed by atoms with Crippen LogP contribution >= 0.6 is 0 Å². The van der Waals surface area contributed by atoms with E-state index in [1.807, 2.05) is 6.92 Å². The van der Waals surface area contributed by atoms with E-state index in [9.17, 15) is 9.59 Å². The number of hydrogen-bond acceptors (Lipinski definition) is 4. The van der Waals surface area contributed by atoms with Crippen LogP contribution in [0.2, 0.25) is 0 Å². The number of carbonyl (C=O) groups is 2. The SMILES string of the molecule is CCCCOC(=O)c1c[nH]cc1CC(=O)OC. The van der Waals surface area contributed by atoms with Crippen LogP contribution in [-0.2, 0) is 20.7 Å². The van der Waals surface area contributed by atoms with Gasteiger partial charge >= 0.3 is 11.9 Å². The number of rotatable bonds is 6. The maximum atomic E-state index is 11.7. The van der Waals surface area contributed by atoms with Gasteiger partial charge < -0.3 is 14.5 Å². The van der Waals surface area contributed by atoms with Crippen LogP contribution in [0.15, 0.2) is 12.4 Å². The predicted octanol–water partition coefficient (Wildman–Crippen LogP) is 1.69. The maximum absolute atomic E-state index is 11.7. The van der Waals surface area contributed by atoms with Crippen molar-refractivity contribution < 1.29 is 19.1 Å². The number of ether oxygens (including phenoxy) is 2. The van der Waals surface area contributed by atoms with Crippen LogP contribution in [0.3, 0.4) is 0 Å². The molecule has 0 amide bonds. The number of methoxy groups -OCH3 is 1. The maximum Gasteiger partial charge on any atom is 0.339 e. The number of aromatic amines is 1. The van der Waals surface area contributed by atoms with Crippen molar-refractivity contribution >= 4 is 11.9 Å². The quantitative estimate of drug-likeness (QED) is 0.606. The topological polar surface area (TPSA) is 68.4 Å². The zero-order valence-electron chi connectivity index (χ0n) is 10.1. The Balaban J connectivity index is 2.61. The summed E-state index contributed by atoms with van der Waals surface area (Å²) in [5.41, 5.74) is 0.991. The average molecular weight is 239 g/mol. The van der Waals surface area contributed by atoms with Crippen LogP contribution in [0.1, 0.15) is 35.7 Å². The van der Waals surface area contributed by atoms with Crippen LogP contribution < -0.4 is 0 Å². The van der Waals surface area contributed by atoms with Gasteiger partial charge in [0.15, 0.2) is 0 Å². The van der Waals surface area contributed by atoms with Crippen LogP contribution in [0.25, 0.3) is 0 Å². The molecule has 0 atom stereocenters. The Morgan fingerprint density at radius 3 is 2.76 bits per heavy atom. The van der Waals surface area contributed by atoms with E-state index in [0.717, 1.165) is 12.8 Å². The molecule has 1 aromatic rings. The first-order valence-corrected chi connectivity index (χ1v) is 5.58. The van der Waals surface area contributed by atoms with Crippen molar-refractivity contribution in [1.29, 1.82) is 0 Å². The van der Waals surface area contributed by atoms with Crippen molar-refractivity contribution in [3.05, 3.63) is 23.5 Å². The number of carbonyl (C=O) groups excluding carboxylic acids is 2. The van der Waals surface area contributed by atoms with Gasteiger partial charge in [0.2, 0.25) is 0 Å². The molecule has 0 saturated heterocycles. The van der Waals surface area contributed by atoms with E-state index in [1.165, 1.54) is 13.3 Å². The molecule has 0 aliphatic carbocycles. The minimum atomic E-state index is -0.404. The van der Waals surface area contributed by atoms with Crippen LogP contribution in [0.5, 0.6) is 0 Å². The van der Waals surface area contributed by atoms with Crippen molar-refractivity contribution in [1.82, 2.24) is 4.98 Å². The molecule has 1 N–H and O–H groups in total. The fourth-order valence-corrected chi connectivity index (χ4v) is 1.35. The molecule has 5 nitrogen and oxygen atoms in total. The third kappa shape index (κ3) is 3.94. The molecule has 1 heterocycles. The molecule has 0 bridgehead atoms. The van der Waals surface area contributed by atoms with E-state index in [1.54, 1.807) is 6.20 Å². The Hall–Kier alpha value is -1.78. The number of hydrogen-bond donors (Lipinski definition) is 1. The Labute approximate surface area is 100 Å². The summed E-state index contributed by atoms with van der Waals surface area (Å²) >= 11 is 0. The summed E-state index contributed by atoms with van der Waals surface area (Å²) < 4.78 is 9.62. The molecule has 0 radical (unpaired) electrons. The van der Waals surface area contributed by atoms with Gasteiger partial charge in [0.25, 0.3) is 0 Å². The minimum Gasteiger partial charge on any atom is -0.469 e. The zero-order valence-corrected chi connectivity index (χ0v) is 10.1. The number of aromatic nitrogens is 1. The van der Waals surface area contributed by atoms with Gasteiger partial charge in [-0.05, 0) is 12.0 Å². The largest absolute Gasteiger partial charge is 0.469 e. The van der Waals surface area contributed by atoms with Crippen molar-refractivity contribution in [2.24, 2.45) is 0 Å². The molecule has 0 aromatic carbocycles. The third-order valence-electron chi connectivity index (χ3n) is 2.34. The molecular formula is C12H17NO4. The van der Waals surface area contributed by atoms with Crippen molar-refractivity contribution in [2.45, 2.75) is 26.2 Å². The van der Waals surface area contributed by atoms with Gasteiger partial charge in [-0.3, -0.25) is 4.79 Å². The van der Waals surface area contributed by atoms with E-state index >= 15 is 0 Å². The van der Waals surface area contributed by atoms with Gasteiger partial charge in [-0.25, -0.2) is 4.79 Å². The second-order valence-corrected chi connectivity index (χ2v) is 3.64. The lowest BCUT2D eigenvalue weighted by Crippen LogP contribution is -2.11. The average Bonchev–Trinajstić information content (AvgIpc) is 2.77. The fraction of sp³-hybridized carbons (Fsp3) is 0.500. The first-order valence-electron chi connectivity index (χ1n) is 5.58. The molecule has 0 aliphatic rings. The molecule has 94 valence electrons. The summed E-state index contributed by atoms with van der Waals surface area (Å²) in [7, 11) is 1.31. The molecule has 5 heteroatoms. The lowest BCUT2D eigenvalue weighted by atomic mass is 10.1. The number of esters is 2. The van der Waals surface area contributed by atoms with Crippen molar-refractivity contribution in [3.8, 4) is 0 Å². The highest BCUT2D eigenvalue weighted by Gasteiger charge is 2.16. The third-order valence-corrected chi connectivity index (χ3v) is 2.34. The van der Waals surface area contributed by atoms with Crippen LogP contribution in [0, 0.1) is 0 Å². The van der Waals surface area contributed by atoms with Crippen LogP contribution in [0.4, 0.5) is 0 Å². The summed E-state index contributed by atoms with van der Waals surface area (Å²) in [6, 6.07) is 0. The standard InChI is InChI=1S/C12H17NO4/c1-3-4-5-17-12(15)10-8-13-7-9(10)6-11(14)16-2/h7-8,13H,3-6H2,1-2H3. The molecule has 0 spiro atoms. The van der Waals surface area contributed by atoms with Gasteiger partial charge in [-0.15, -0.1) is 0 Å². The lowest BCUT2D eigenvalue weighted by Gasteiger charge is -2.04. The zero-order chi connectivity index (χ0) is 12.7. The normalized spacial score (nSPS) is 10.0. The molecule has 17 heavy (non-hydrogen) atoms. The molecule has 1 rings (SSSR count). The van der Waals surface area contributed by atoms with Gasteiger partial charge in [0, 0.05) is 12.4 Å². The van der Waals surface area contributed by atoms with Crippen molar-refractivity contribution in [3.63, 3.8) is 0 Å². The van der Waals surface area contributed by atoms with Gasteiger partial charge in [-0.2, -0.15) is 0 Å². The van der Waals surface area contributed by atoms with E-state index in [-0.39, 0.29) is 12.4 Å². The highest BCUT2D eigenvalue weighted by atomic mass is 16.5. The molecule has 1 aromatic heterocycles. The molecule has 0 fully saturated rings. The summed E-state index contributed by atoms with van der Waals surface area (Å²) in [6.07, 6.45) is 5.01. The second-order valence-electron chi connectivity index (χ2n) is 3.64. The van der Waals surface area contributed by atoms with Gasteiger partial charge in [0.05, 0.1) is 25.7 Å². The fourth-order valence-electron chi connectivity index (χ4n) is 1.35. The number of unbranched alkanes of at least 4 members (excludes halogenated alkanes) is 1. The smallest absolute Gasteiger partial charge is 0.339 e. The van der Waals surface area contributed by atoms with Gasteiger partial charge in [-0.1, -0.05) is 13.3 Å². The van der Waals surface area contributed by atoms with E-state index < -0.39 is 5.97 Å². The van der Waals surface area contributed by atoms with Crippen molar-refractivity contribution in [2.75, 3.05) is 13.7 Å². The second kappa shape index (κ2) is 6.73. The minimum absolute atomic E-state index is 0.0677. The molecule has 0 unspecified atom stereocenters. The van der Waals surface area contributed by atoms with Gasteiger partial charge in [0.1, 0.15) is 0 Å². The molecule has 0 aliphatic heterocycles. The summed E-state index contributed by atoms with van der Waals surface area (Å²) in [5.74, 6) is -0.786. The van der Waals surface area contributed by atoms with E-state index in [0.29, 0.717) is 17.7 Å². The number of H-pyrrole nitrogens is 1. The first-order chi connectivity index (χ1) is 8.19. The molecular weight excluding hydrogens is 222 g/mol. The highest BCUT2D eigenvalue weighted by Crippen LogP contribution is 2.11. The Bertz CT molecular complexity index is 384. The Kier molecular flexibility index (Phi) is 5.26. The molecule has 0 saturated carbocycles. The summed E-state index contributed by atoms with van der Waals surface area (Å²) in [4.78, 5) is 25.6. The summed E-state index contributed by atoms with van der Waals surface area (Å²) in [6.45, 7) is 2.42. The lowest BCUT2D eigenvalue weighted by molar-refractivity contribution is -0.139. The first kappa shape index (κ1) is 13.3. The van der Waals surface area contributed by atoms with E-state index in [4.69, 9.17) is 4.74 Å². The van der Waals surface area contributed by atoms with Crippen LogP contribution in [-0.4, -0.2) is 30.6 Å². The summed E-state index contributed by atoms with van der Waals surface area (Å²) in [5, 5.41) is 0. The Morgan fingerprint density at radius 2 is 2.12 bits per heavy atom. The van der Waals surface area contributed by atoms with E-state index in [2.05, 4.69) is 9.72 Å².